The number of rotatable bonds is 5. The molecule has 3 aromatic rings. The second kappa shape index (κ2) is 10.2. The molecule has 13 heteroatoms. The first-order chi connectivity index (χ1) is 19.2. The molecular formula is C26H30ClFN6O5. The molecule has 2 N–H and O–H groups in total. The lowest BCUT2D eigenvalue weighted by Crippen LogP contribution is -2.48. The van der Waals surface area contributed by atoms with Gasteiger partial charge in [-0.05, 0) is 32.4 Å². The normalized spacial score (nSPS) is 28.8. The molecule has 0 spiro atoms. The Hall–Kier alpha value is -3.06. The zero-order valence-corrected chi connectivity index (χ0v) is 22.4. The van der Waals surface area contributed by atoms with Gasteiger partial charge in [0.25, 0.3) is 0 Å². The SMILES string of the molecule is [2H][C@@H]1C(Nc2ncc(Cl)c(-c3cc(F)c4nc([C@@H]5CCN(C(=O)OC)C5)n(C(C)C)c4c3)n2)[C@H](O)[C@@H]2CO[C@H]1O2. The van der Waals surface area contributed by atoms with Crippen LogP contribution in [0, 0.1) is 5.82 Å². The molecule has 39 heavy (non-hydrogen) atoms. The van der Waals surface area contributed by atoms with Crippen molar-refractivity contribution in [3.63, 3.8) is 0 Å². The summed E-state index contributed by atoms with van der Waals surface area (Å²) in [5, 5.41) is 13.9. The van der Waals surface area contributed by atoms with Crippen LogP contribution in [0.1, 0.15) is 45.8 Å². The number of fused-ring (bicyclic) bond motifs is 3. The lowest BCUT2D eigenvalue weighted by atomic mass is 10.0. The van der Waals surface area contributed by atoms with Crippen molar-refractivity contribution in [1.29, 1.82) is 0 Å². The zero-order chi connectivity index (χ0) is 28.3. The number of hydrogen-bond donors (Lipinski definition) is 2. The van der Waals surface area contributed by atoms with Crippen LogP contribution in [0.25, 0.3) is 22.3 Å². The van der Waals surface area contributed by atoms with Gasteiger partial charge in [0.05, 0.1) is 42.2 Å². The minimum atomic E-state index is -0.998. The molecule has 1 aromatic carbocycles. The Labute approximate surface area is 230 Å². The number of aliphatic hydroxyl groups excluding tert-OH is 1. The molecule has 3 fully saturated rings. The van der Waals surface area contributed by atoms with Gasteiger partial charge in [-0.1, -0.05) is 11.6 Å². The summed E-state index contributed by atoms with van der Waals surface area (Å²) in [6.45, 7) is 5.17. The van der Waals surface area contributed by atoms with Crippen LogP contribution < -0.4 is 5.32 Å². The average molecular weight is 562 g/mol. The molecule has 3 aliphatic heterocycles. The zero-order valence-electron chi connectivity index (χ0n) is 22.7. The van der Waals surface area contributed by atoms with Crippen molar-refractivity contribution >= 4 is 34.7 Å². The molecule has 1 amide bonds. The fourth-order valence-electron chi connectivity index (χ4n) is 5.56. The molecule has 0 radical (unpaired) electrons. The van der Waals surface area contributed by atoms with Crippen LogP contribution in [0.4, 0.5) is 15.1 Å². The molecule has 1 unspecified atom stereocenters. The van der Waals surface area contributed by atoms with E-state index in [1.807, 2.05) is 18.4 Å². The third-order valence-corrected chi connectivity index (χ3v) is 7.72. The Balaban J connectivity index is 1.35. The summed E-state index contributed by atoms with van der Waals surface area (Å²) in [5.41, 5.74) is 1.53. The number of methoxy groups -OCH3 is 1. The Morgan fingerprint density at radius 1 is 1.38 bits per heavy atom. The number of halogens is 2. The van der Waals surface area contributed by atoms with E-state index in [1.165, 1.54) is 19.4 Å². The average Bonchev–Trinajstić information content (AvgIpc) is 3.68. The lowest BCUT2D eigenvalue weighted by molar-refractivity contribution is -0.123. The van der Waals surface area contributed by atoms with Crippen LogP contribution in [-0.4, -0.2) is 87.0 Å². The Morgan fingerprint density at radius 3 is 2.97 bits per heavy atom. The van der Waals surface area contributed by atoms with Gasteiger partial charge in [0, 0.05) is 38.4 Å². The standard InChI is InChI=1S/C26H30ClFN6O5/c1-12(2)34-18-7-14(6-16(28)22(18)31-24(34)13-4-5-33(10-13)26(36)37-3)21-15(27)9-29-25(32-21)30-17-8-20-38-11-19(39-20)23(17)35/h6-7,9,12-13,17,19-20,23,35H,4-5,8,10-11H2,1-3H3,(H,29,30,32)/t13-,17?,19+,20+,23+/m1/s1/i8D/t8-,13-,17?,19+,20+,23+. The molecule has 3 saturated heterocycles. The quantitative estimate of drug-likeness (QED) is 0.479. The monoisotopic (exact) mass is 561 g/mol. The van der Waals surface area contributed by atoms with Crippen LogP contribution in [0.2, 0.25) is 5.02 Å². The predicted molar refractivity (Wildman–Crippen MR) is 140 cm³/mol. The molecule has 6 rings (SSSR count). The Kier molecular flexibility index (Phi) is 6.50. The van der Waals surface area contributed by atoms with Crippen molar-refractivity contribution in [3.8, 4) is 11.3 Å². The molecule has 5 heterocycles. The number of nitrogens with one attached hydrogen (secondary N) is 1. The van der Waals surface area contributed by atoms with E-state index < -0.39 is 42.8 Å². The van der Waals surface area contributed by atoms with Crippen LogP contribution in [0.5, 0.6) is 0 Å². The fraction of sp³-hybridized carbons (Fsp3) is 0.538. The van der Waals surface area contributed by atoms with Gasteiger partial charge in [-0.15, -0.1) is 0 Å². The molecule has 0 aliphatic carbocycles. The van der Waals surface area contributed by atoms with E-state index in [0.717, 1.165) is 0 Å². The van der Waals surface area contributed by atoms with Crippen LogP contribution in [0.15, 0.2) is 18.3 Å². The van der Waals surface area contributed by atoms with Crippen LogP contribution >= 0.6 is 11.6 Å². The van der Waals surface area contributed by atoms with Gasteiger partial charge in [0.2, 0.25) is 5.95 Å². The highest BCUT2D eigenvalue weighted by atomic mass is 35.5. The van der Waals surface area contributed by atoms with E-state index in [2.05, 4.69) is 20.3 Å². The largest absolute Gasteiger partial charge is 0.453 e. The van der Waals surface area contributed by atoms with Crippen molar-refractivity contribution in [3.05, 3.63) is 35.0 Å². The summed E-state index contributed by atoms with van der Waals surface area (Å²) in [4.78, 5) is 27.1. The van der Waals surface area contributed by atoms with Crippen molar-refractivity contribution in [2.24, 2.45) is 0 Å². The minimum absolute atomic E-state index is 0.0403. The summed E-state index contributed by atoms with van der Waals surface area (Å²) < 4.78 is 41.8. The maximum atomic E-state index is 15.6. The van der Waals surface area contributed by atoms with Gasteiger partial charge in [-0.25, -0.2) is 24.1 Å². The van der Waals surface area contributed by atoms with Crippen molar-refractivity contribution in [2.45, 2.75) is 63.2 Å². The number of hydrogen-bond acceptors (Lipinski definition) is 9. The van der Waals surface area contributed by atoms with E-state index in [0.29, 0.717) is 36.4 Å². The summed E-state index contributed by atoms with van der Waals surface area (Å²) >= 11 is 6.49. The van der Waals surface area contributed by atoms with Gasteiger partial charge in [-0.2, -0.15) is 0 Å². The molecule has 11 nitrogen and oxygen atoms in total. The van der Waals surface area contributed by atoms with Gasteiger partial charge in [-0.3, -0.25) is 0 Å². The number of aromatic nitrogens is 4. The maximum absolute atomic E-state index is 15.6. The molecule has 2 bridgehead atoms. The van der Waals surface area contributed by atoms with Gasteiger partial charge in [0.15, 0.2) is 12.1 Å². The molecule has 6 atom stereocenters. The Morgan fingerprint density at radius 2 is 2.21 bits per heavy atom. The molecule has 0 saturated carbocycles. The highest BCUT2D eigenvalue weighted by Gasteiger charge is 2.43. The summed E-state index contributed by atoms with van der Waals surface area (Å²) in [5.74, 6) is 0.239. The third kappa shape index (κ3) is 4.69. The number of carbonyl (C=O) groups excluding carboxylic acids is 1. The number of ether oxygens (including phenoxy) is 3. The first kappa shape index (κ1) is 24.9. The predicted octanol–water partition coefficient (Wildman–Crippen LogP) is 3.71. The lowest BCUT2D eigenvalue weighted by Gasteiger charge is -2.32. The maximum Gasteiger partial charge on any atom is 0.409 e. The number of likely N-dealkylation sites (tertiary alicyclic amines) is 1. The van der Waals surface area contributed by atoms with E-state index in [-0.39, 0.29) is 40.7 Å². The second-order valence-corrected chi connectivity index (χ2v) is 10.7. The van der Waals surface area contributed by atoms with Gasteiger partial charge >= 0.3 is 6.09 Å². The number of benzene rings is 1. The van der Waals surface area contributed by atoms with E-state index >= 15 is 4.39 Å². The third-order valence-electron chi connectivity index (χ3n) is 7.44. The number of carbonyl (C=O) groups is 1. The van der Waals surface area contributed by atoms with E-state index in [1.54, 1.807) is 11.0 Å². The van der Waals surface area contributed by atoms with Crippen LogP contribution in [0.3, 0.4) is 0 Å². The summed E-state index contributed by atoms with van der Waals surface area (Å²) in [6.07, 6.45) is -1.51. The minimum Gasteiger partial charge on any atom is -0.453 e. The number of anilines is 1. The fourth-order valence-corrected chi connectivity index (χ4v) is 5.76. The summed E-state index contributed by atoms with van der Waals surface area (Å²) in [6, 6.07) is 2.36. The van der Waals surface area contributed by atoms with Crippen molar-refractivity contribution in [2.75, 3.05) is 32.1 Å². The topological polar surface area (TPSA) is 124 Å². The number of nitrogens with zero attached hydrogens (tertiary/aromatic N) is 5. The van der Waals surface area contributed by atoms with Crippen molar-refractivity contribution in [1.82, 2.24) is 24.4 Å². The molecule has 3 aliphatic rings. The molecular weight excluding hydrogens is 531 g/mol. The first-order valence-corrected chi connectivity index (χ1v) is 13.2. The van der Waals surface area contributed by atoms with E-state index in [9.17, 15) is 9.90 Å². The molecule has 208 valence electrons. The summed E-state index contributed by atoms with van der Waals surface area (Å²) in [7, 11) is 1.35. The van der Waals surface area contributed by atoms with E-state index in [4.69, 9.17) is 27.2 Å². The second-order valence-electron chi connectivity index (χ2n) is 10.3. The number of aliphatic hydroxyl groups is 1. The first-order valence-electron chi connectivity index (χ1n) is 13.4. The van der Waals surface area contributed by atoms with Crippen LogP contribution in [-0.2, 0) is 14.2 Å². The highest BCUT2D eigenvalue weighted by Crippen LogP contribution is 2.36. The molecule has 2 aromatic heterocycles. The van der Waals surface area contributed by atoms with Crippen molar-refractivity contribution < 1.29 is 29.9 Å². The number of imidazole rings is 1. The smallest absolute Gasteiger partial charge is 0.409 e. The number of amides is 1. The van der Waals surface area contributed by atoms with Gasteiger partial charge < -0.3 is 34.1 Å². The Bertz CT molecular complexity index is 1440. The van der Waals surface area contributed by atoms with Gasteiger partial charge in [0.1, 0.15) is 23.5 Å². The highest BCUT2D eigenvalue weighted by molar-refractivity contribution is 6.33.